The molecule has 2 heterocycles. The molecule has 0 atom stereocenters. The molecule has 0 radical (unpaired) electrons. The molecule has 0 saturated carbocycles. The summed E-state index contributed by atoms with van der Waals surface area (Å²) in [6, 6.07) is 11.6. The summed E-state index contributed by atoms with van der Waals surface area (Å²) in [4.78, 5) is 27.2. The predicted octanol–water partition coefficient (Wildman–Crippen LogP) is 1.26. The largest absolute Gasteiger partial charge is 0.314 e. The molecule has 1 aromatic carbocycles. The monoisotopic (exact) mass is 325 g/mol. The summed E-state index contributed by atoms with van der Waals surface area (Å²) in [7, 11) is 1.83. The van der Waals surface area contributed by atoms with Gasteiger partial charge in [-0.1, -0.05) is 18.2 Å². The molecule has 1 fully saturated rings. The van der Waals surface area contributed by atoms with Crippen molar-refractivity contribution in [3.8, 4) is 0 Å². The highest BCUT2D eigenvalue weighted by Gasteiger charge is 2.21. The minimum absolute atomic E-state index is 0.126. The molecule has 6 heteroatoms. The van der Waals surface area contributed by atoms with Crippen LogP contribution in [0.2, 0.25) is 0 Å². The smallest absolute Gasteiger partial charge is 0.240 e. The average Bonchev–Trinajstić information content (AvgIpc) is 2.64. The average molecular weight is 325 g/mol. The SMILES string of the molecule is CN(C(=O)CN1CCN(Cc2ncccn2)CC1)c1ccccc1. The summed E-state index contributed by atoms with van der Waals surface area (Å²) in [5.41, 5.74) is 0.933. The van der Waals surface area contributed by atoms with Crippen molar-refractivity contribution >= 4 is 11.6 Å². The molecule has 0 unspecified atom stereocenters. The lowest BCUT2D eigenvalue weighted by Gasteiger charge is -2.34. The maximum Gasteiger partial charge on any atom is 0.240 e. The Morgan fingerprint density at radius 2 is 1.62 bits per heavy atom. The molecule has 0 N–H and O–H groups in total. The molecule has 1 saturated heterocycles. The number of anilines is 1. The van der Waals surface area contributed by atoms with E-state index in [2.05, 4.69) is 19.8 Å². The highest BCUT2D eigenvalue weighted by atomic mass is 16.2. The van der Waals surface area contributed by atoms with Crippen LogP contribution in [0.1, 0.15) is 5.82 Å². The van der Waals surface area contributed by atoms with E-state index >= 15 is 0 Å². The summed E-state index contributed by atoms with van der Waals surface area (Å²) in [6.45, 7) is 4.87. The van der Waals surface area contributed by atoms with Crippen LogP contribution in [0.15, 0.2) is 48.8 Å². The first-order valence-electron chi connectivity index (χ1n) is 8.24. The molecule has 1 aromatic heterocycles. The third-order valence-electron chi connectivity index (χ3n) is 4.33. The van der Waals surface area contributed by atoms with Crippen LogP contribution in [0.3, 0.4) is 0 Å². The predicted molar refractivity (Wildman–Crippen MR) is 93.6 cm³/mol. The highest BCUT2D eigenvalue weighted by Crippen LogP contribution is 2.12. The summed E-state index contributed by atoms with van der Waals surface area (Å²) in [5.74, 6) is 0.979. The Kier molecular flexibility index (Phi) is 5.51. The maximum atomic E-state index is 12.4. The van der Waals surface area contributed by atoms with Crippen molar-refractivity contribution in [3.63, 3.8) is 0 Å². The molecule has 0 spiro atoms. The summed E-state index contributed by atoms with van der Waals surface area (Å²) in [6.07, 6.45) is 3.55. The third-order valence-corrected chi connectivity index (χ3v) is 4.33. The van der Waals surface area contributed by atoms with E-state index in [9.17, 15) is 4.79 Å². The maximum absolute atomic E-state index is 12.4. The zero-order valence-corrected chi connectivity index (χ0v) is 14.0. The quantitative estimate of drug-likeness (QED) is 0.828. The first kappa shape index (κ1) is 16.5. The van der Waals surface area contributed by atoms with Gasteiger partial charge in [0.15, 0.2) is 0 Å². The third kappa shape index (κ3) is 4.37. The second-order valence-corrected chi connectivity index (χ2v) is 6.01. The zero-order valence-electron chi connectivity index (χ0n) is 14.0. The van der Waals surface area contributed by atoms with Crippen LogP contribution in [0.5, 0.6) is 0 Å². The van der Waals surface area contributed by atoms with Gasteiger partial charge in [-0.2, -0.15) is 0 Å². The van der Waals surface area contributed by atoms with Gasteiger partial charge in [-0.25, -0.2) is 9.97 Å². The van der Waals surface area contributed by atoms with E-state index in [-0.39, 0.29) is 5.91 Å². The van der Waals surface area contributed by atoms with E-state index in [0.29, 0.717) is 6.54 Å². The van der Waals surface area contributed by atoms with E-state index in [1.165, 1.54) is 0 Å². The van der Waals surface area contributed by atoms with E-state index in [4.69, 9.17) is 0 Å². The number of hydrogen-bond donors (Lipinski definition) is 0. The molecule has 24 heavy (non-hydrogen) atoms. The Hall–Kier alpha value is -2.31. The Bertz CT molecular complexity index is 641. The first-order valence-corrected chi connectivity index (χ1v) is 8.24. The second kappa shape index (κ2) is 7.99. The number of aromatic nitrogens is 2. The van der Waals surface area contributed by atoms with Gasteiger partial charge in [0.05, 0.1) is 13.1 Å². The molecule has 6 nitrogen and oxygen atoms in total. The minimum Gasteiger partial charge on any atom is -0.314 e. The molecule has 1 amide bonds. The lowest BCUT2D eigenvalue weighted by molar-refractivity contribution is -0.119. The molecule has 126 valence electrons. The van der Waals surface area contributed by atoms with Gasteiger partial charge in [0.25, 0.3) is 0 Å². The number of amides is 1. The van der Waals surface area contributed by atoms with Crippen molar-refractivity contribution in [2.24, 2.45) is 0 Å². The Morgan fingerprint density at radius 1 is 1.00 bits per heavy atom. The van der Waals surface area contributed by atoms with E-state index in [0.717, 1.165) is 44.2 Å². The molecule has 1 aliphatic rings. The topological polar surface area (TPSA) is 52.6 Å². The van der Waals surface area contributed by atoms with E-state index in [1.807, 2.05) is 43.4 Å². The first-order chi connectivity index (χ1) is 11.7. The highest BCUT2D eigenvalue weighted by molar-refractivity contribution is 5.94. The van der Waals surface area contributed by atoms with Crippen LogP contribution >= 0.6 is 0 Å². The van der Waals surface area contributed by atoms with Gasteiger partial charge in [-0.15, -0.1) is 0 Å². The summed E-state index contributed by atoms with van der Waals surface area (Å²) in [5, 5.41) is 0. The number of hydrogen-bond acceptors (Lipinski definition) is 5. The van der Waals surface area contributed by atoms with Gasteiger partial charge in [-0.05, 0) is 18.2 Å². The van der Waals surface area contributed by atoms with Gasteiger partial charge in [0.1, 0.15) is 5.82 Å². The van der Waals surface area contributed by atoms with Crippen molar-refractivity contribution in [3.05, 3.63) is 54.6 Å². The van der Waals surface area contributed by atoms with Gasteiger partial charge in [-0.3, -0.25) is 14.6 Å². The molecule has 0 bridgehead atoms. The Morgan fingerprint density at radius 3 is 2.29 bits per heavy atom. The van der Waals surface area contributed by atoms with Crippen molar-refractivity contribution < 1.29 is 4.79 Å². The van der Waals surface area contributed by atoms with Crippen molar-refractivity contribution in [2.45, 2.75) is 6.54 Å². The van der Waals surface area contributed by atoms with Crippen LogP contribution in [0, 0.1) is 0 Å². The number of benzene rings is 1. The number of carbonyl (C=O) groups is 1. The van der Waals surface area contributed by atoms with Gasteiger partial charge in [0.2, 0.25) is 5.91 Å². The Labute approximate surface area is 142 Å². The van der Waals surface area contributed by atoms with E-state index < -0.39 is 0 Å². The standard InChI is InChI=1S/C18H23N5O/c1-21(16-6-3-2-4-7-16)18(24)15-23-12-10-22(11-13-23)14-17-19-8-5-9-20-17/h2-9H,10-15H2,1H3. The van der Waals surface area contributed by atoms with Crippen molar-refractivity contribution in [2.75, 3.05) is 44.7 Å². The normalized spacial score (nSPS) is 16.0. The lowest BCUT2D eigenvalue weighted by atomic mass is 10.2. The molecule has 3 rings (SSSR count). The molecular weight excluding hydrogens is 302 g/mol. The minimum atomic E-state index is 0.126. The Balaban J connectivity index is 1.46. The number of rotatable bonds is 5. The van der Waals surface area contributed by atoms with Crippen LogP contribution in [0.25, 0.3) is 0 Å². The fraction of sp³-hybridized carbons (Fsp3) is 0.389. The molecule has 1 aliphatic heterocycles. The number of carbonyl (C=O) groups excluding carboxylic acids is 1. The molecular formula is C18H23N5O. The van der Waals surface area contributed by atoms with Crippen LogP contribution in [-0.4, -0.2) is 65.4 Å². The van der Waals surface area contributed by atoms with Crippen LogP contribution in [-0.2, 0) is 11.3 Å². The van der Waals surface area contributed by atoms with Gasteiger partial charge in [0, 0.05) is 51.3 Å². The molecule has 2 aromatic rings. The van der Waals surface area contributed by atoms with Gasteiger partial charge < -0.3 is 4.90 Å². The number of piperazine rings is 1. The lowest BCUT2D eigenvalue weighted by Crippen LogP contribution is -2.49. The van der Waals surface area contributed by atoms with Crippen LogP contribution < -0.4 is 4.90 Å². The van der Waals surface area contributed by atoms with Crippen LogP contribution in [0.4, 0.5) is 5.69 Å². The number of nitrogens with zero attached hydrogens (tertiary/aromatic N) is 5. The summed E-state index contributed by atoms with van der Waals surface area (Å²) >= 11 is 0. The number of para-hydroxylation sites is 1. The second-order valence-electron chi connectivity index (χ2n) is 6.01. The fourth-order valence-corrected chi connectivity index (χ4v) is 2.81. The zero-order chi connectivity index (χ0) is 16.8. The number of likely N-dealkylation sites (N-methyl/N-ethyl adjacent to an activating group) is 1. The summed E-state index contributed by atoms with van der Waals surface area (Å²) < 4.78 is 0. The van der Waals surface area contributed by atoms with Crippen molar-refractivity contribution in [1.29, 1.82) is 0 Å². The van der Waals surface area contributed by atoms with Gasteiger partial charge >= 0.3 is 0 Å². The van der Waals surface area contributed by atoms with Crippen molar-refractivity contribution in [1.82, 2.24) is 19.8 Å². The fourth-order valence-electron chi connectivity index (χ4n) is 2.81. The molecule has 0 aliphatic carbocycles. The van der Waals surface area contributed by atoms with E-state index in [1.54, 1.807) is 17.3 Å².